The molecule has 21 heavy (non-hydrogen) atoms. The summed E-state index contributed by atoms with van der Waals surface area (Å²) in [7, 11) is 0. The molecule has 0 atom stereocenters. The second-order valence-corrected chi connectivity index (χ2v) is 5.86. The van der Waals surface area contributed by atoms with Gasteiger partial charge in [0.05, 0.1) is 11.1 Å². The highest BCUT2D eigenvalue weighted by atomic mass is 16.4. The summed E-state index contributed by atoms with van der Waals surface area (Å²) in [6.07, 6.45) is 5.17. The van der Waals surface area contributed by atoms with E-state index in [0.29, 0.717) is 5.56 Å². The fourth-order valence-electron chi connectivity index (χ4n) is 3.58. The highest BCUT2D eigenvalue weighted by Gasteiger charge is 2.22. The second kappa shape index (κ2) is 5.53. The molecule has 2 N–H and O–H groups in total. The lowest BCUT2D eigenvalue weighted by molar-refractivity contribution is 0.0697. The number of carbonyl (C=O) groups is 1. The lowest BCUT2D eigenvalue weighted by Crippen LogP contribution is -2.09. The van der Waals surface area contributed by atoms with E-state index in [4.69, 9.17) is 5.11 Å². The number of hydrogen-bond donors (Lipinski definition) is 2. The molecule has 4 heteroatoms. The maximum atomic E-state index is 11.3. The molecule has 3 rings (SSSR count). The van der Waals surface area contributed by atoms with Crippen LogP contribution in [-0.2, 0) is 19.4 Å². The molecule has 1 heterocycles. The third-order valence-corrected chi connectivity index (χ3v) is 4.45. The molecule has 112 valence electrons. The smallest absolute Gasteiger partial charge is 0.335 e. The third-order valence-electron chi connectivity index (χ3n) is 4.45. The van der Waals surface area contributed by atoms with E-state index in [0.717, 1.165) is 42.3 Å². The van der Waals surface area contributed by atoms with Crippen molar-refractivity contribution in [2.45, 2.75) is 45.6 Å². The van der Waals surface area contributed by atoms with Gasteiger partial charge in [-0.15, -0.1) is 0 Å². The molecule has 0 bridgehead atoms. The van der Waals surface area contributed by atoms with Gasteiger partial charge >= 0.3 is 5.97 Å². The van der Waals surface area contributed by atoms with Gasteiger partial charge in [0.15, 0.2) is 0 Å². The van der Waals surface area contributed by atoms with Gasteiger partial charge in [-0.05, 0) is 62.3 Å². The number of aromatic carboxylic acids is 1. The maximum absolute atomic E-state index is 11.3. The molecule has 0 unspecified atom stereocenters. The number of carboxylic acids is 1. The molecule has 0 amide bonds. The third kappa shape index (κ3) is 2.33. The summed E-state index contributed by atoms with van der Waals surface area (Å²) in [6, 6.07) is 3.58. The van der Waals surface area contributed by atoms with Gasteiger partial charge in [0.2, 0.25) is 0 Å². The number of nitrogens with zero attached hydrogens (tertiary/aromatic N) is 1. The highest BCUT2D eigenvalue weighted by molar-refractivity contribution is 5.97. The second-order valence-electron chi connectivity index (χ2n) is 5.86. The van der Waals surface area contributed by atoms with E-state index < -0.39 is 5.97 Å². The van der Waals surface area contributed by atoms with Crippen molar-refractivity contribution >= 4 is 16.9 Å². The van der Waals surface area contributed by atoms with Crippen molar-refractivity contribution in [1.82, 2.24) is 4.57 Å². The Hall–Kier alpha value is -1.81. The summed E-state index contributed by atoms with van der Waals surface area (Å²) >= 11 is 0. The number of aryl methyl sites for hydroxylation is 3. The number of carboxylic acid groups (broad SMARTS) is 1. The monoisotopic (exact) mass is 287 g/mol. The van der Waals surface area contributed by atoms with E-state index in [1.54, 1.807) is 6.07 Å². The molecule has 0 saturated carbocycles. The average molecular weight is 287 g/mol. The first-order valence-corrected chi connectivity index (χ1v) is 7.62. The topological polar surface area (TPSA) is 62.5 Å². The van der Waals surface area contributed by atoms with Crippen molar-refractivity contribution in [3.05, 3.63) is 34.5 Å². The first-order chi connectivity index (χ1) is 10.1. The number of benzene rings is 1. The first kappa shape index (κ1) is 14.1. The van der Waals surface area contributed by atoms with E-state index in [2.05, 4.69) is 4.57 Å². The van der Waals surface area contributed by atoms with Crippen LogP contribution in [0.3, 0.4) is 0 Å². The summed E-state index contributed by atoms with van der Waals surface area (Å²) in [5.41, 5.74) is 5.20. The number of aromatic nitrogens is 1. The minimum absolute atomic E-state index is 0.181. The standard InChI is InChI=1S/C17H21NO3/c1-11-9-12(17(20)21)10-14-13-5-2-3-6-15(13)18(16(11)14)7-4-8-19/h9-10,19H,2-8H2,1H3,(H,20,21). The minimum atomic E-state index is -0.868. The summed E-state index contributed by atoms with van der Waals surface area (Å²) in [5, 5.41) is 19.5. The van der Waals surface area contributed by atoms with Crippen LogP contribution in [0.5, 0.6) is 0 Å². The van der Waals surface area contributed by atoms with Gasteiger partial charge in [0.25, 0.3) is 0 Å². The van der Waals surface area contributed by atoms with Crippen LogP contribution in [0.15, 0.2) is 12.1 Å². The SMILES string of the molecule is Cc1cc(C(=O)O)cc2c3c(n(CCCO)c12)CCCC3. The van der Waals surface area contributed by atoms with Crippen molar-refractivity contribution in [1.29, 1.82) is 0 Å². The summed E-state index contributed by atoms with van der Waals surface area (Å²) in [5.74, 6) is -0.868. The van der Waals surface area contributed by atoms with Crippen molar-refractivity contribution in [2.24, 2.45) is 0 Å². The zero-order valence-electron chi connectivity index (χ0n) is 12.4. The van der Waals surface area contributed by atoms with Crippen LogP contribution < -0.4 is 0 Å². The number of fused-ring (bicyclic) bond motifs is 3. The molecule has 1 aromatic heterocycles. The normalized spacial score (nSPS) is 14.4. The van der Waals surface area contributed by atoms with Crippen LogP contribution in [0.1, 0.15) is 46.4 Å². The Bertz CT molecular complexity index is 700. The lowest BCUT2D eigenvalue weighted by Gasteiger charge is -2.16. The zero-order valence-corrected chi connectivity index (χ0v) is 12.4. The van der Waals surface area contributed by atoms with E-state index in [-0.39, 0.29) is 6.61 Å². The molecule has 1 aliphatic carbocycles. The van der Waals surface area contributed by atoms with E-state index in [9.17, 15) is 9.90 Å². The molecule has 0 fully saturated rings. The Balaban J connectivity index is 2.27. The van der Waals surface area contributed by atoms with Gasteiger partial charge in [-0.1, -0.05) is 0 Å². The first-order valence-electron chi connectivity index (χ1n) is 7.62. The minimum Gasteiger partial charge on any atom is -0.478 e. The van der Waals surface area contributed by atoms with Crippen LogP contribution >= 0.6 is 0 Å². The molecule has 0 aliphatic heterocycles. The average Bonchev–Trinajstić information content (AvgIpc) is 2.80. The summed E-state index contributed by atoms with van der Waals surface area (Å²) < 4.78 is 2.31. The van der Waals surface area contributed by atoms with Crippen LogP contribution in [0.2, 0.25) is 0 Å². The number of aliphatic hydroxyl groups is 1. The highest BCUT2D eigenvalue weighted by Crippen LogP contribution is 2.34. The molecular weight excluding hydrogens is 266 g/mol. The quantitative estimate of drug-likeness (QED) is 0.909. The molecule has 1 aromatic carbocycles. The van der Waals surface area contributed by atoms with Gasteiger partial charge < -0.3 is 14.8 Å². The van der Waals surface area contributed by atoms with Crippen molar-refractivity contribution < 1.29 is 15.0 Å². The number of hydrogen-bond acceptors (Lipinski definition) is 2. The van der Waals surface area contributed by atoms with Gasteiger partial charge in [0, 0.05) is 24.2 Å². The predicted molar refractivity (Wildman–Crippen MR) is 82.0 cm³/mol. The molecule has 4 nitrogen and oxygen atoms in total. The van der Waals surface area contributed by atoms with Crippen molar-refractivity contribution in [2.75, 3.05) is 6.61 Å². The maximum Gasteiger partial charge on any atom is 0.335 e. The lowest BCUT2D eigenvalue weighted by atomic mass is 9.94. The van der Waals surface area contributed by atoms with Gasteiger partial charge in [-0.3, -0.25) is 0 Å². The Morgan fingerprint density at radius 1 is 1.29 bits per heavy atom. The van der Waals surface area contributed by atoms with E-state index in [1.807, 2.05) is 13.0 Å². The molecule has 0 spiro atoms. The zero-order chi connectivity index (χ0) is 15.0. The fourth-order valence-corrected chi connectivity index (χ4v) is 3.58. The van der Waals surface area contributed by atoms with Crippen LogP contribution in [-0.4, -0.2) is 27.4 Å². The van der Waals surface area contributed by atoms with Crippen LogP contribution in [0.4, 0.5) is 0 Å². The molecule has 2 aromatic rings. The van der Waals surface area contributed by atoms with Crippen molar-refractivity contribution in [3.8, 4) is 0 Å². The van der Waals surface area contributed by atoms with Gasteiger partial charge in [0.1, 0.15) is 0 Å². The molecule has 0 radical (unpaired) electrons. The summed E-state index contributed by atoms with van der Waals surface area (Å²) in [6.45, 7) is 2.96. The van der Waals surface area contributed by atoms with E-state index in [1.165, 1.54) is 24.1 Å². The van der Waals surface area contributed by atoms with Crippen LogP contribution in [0.25, 0.3) is 10.9 Å². The van der Waals surface area contributed by atoms with Crippen LogP contribution in [0, 0.1) is 6.92 Å². The molecule has 0 saturated heterocycles. The Morgan fingerprint density at radius 3 is 2.76 bits per heavy atom. The molecule has 1 aliphatic rings. The Morgan fingerprint density at radius 2 is 2.05 bits per heavy atom. The molecular formula is C17H21NO3. The largest absolute Gasteiger partial charge is 0.478 e. The van der Waals surface area contributed by atoms with Gasteiger partial charge in [-0.2, -0.15) is 0 Å². The van der Waals surface area contributed by atoms with Gasteiger partial charge in [-0.25, -0.2) is 4.79 Å². The number of aliphatic hydroxyl groups excluding tert-OH is 1. The van der Waals surface area contributed by atoms with Crippen molar-refractivity contribution in [3.63, 3.8) is 0 Å². The van der Waals surface area contributed by atoms with E-state index >= 15 is 0 Å². The summed E-state index contributed by atoms with van der Waals surface area (Å²) in [4.78, 5) is 11.3. The fraction of sp³-hybridized carbons (Fsp3) is 0.471. The predicted octanol–water partition coefficient (Wildman–Crippen LogP) is 2.91. The Labute approximate surface area is 124 Å². The Kier molecular flexibility index (Phi) is 3.72. The number of rotatable bonds is 4.